The van der Waals surface area contributed by atoms with Gasteiger partial charge in [-0.15, -0.1) is 0 Å². The van der Waals surface area contributed by atoms with E-state index in [0.29, 0.717) is 12.8 Å². The maximum Gasteiger partial charge on any atom is 0.303 e. The van der Waals surface area contributed by atoms with Gasteiger partial charge >= 0.3 is 11.9 Å². The standard InChI is InChI=1S/C18H36O2.C8H16O2.C2H4O2/c1-2-3-4-5-6-7-8-9-10-11-12-13-14-15-16-17-18(19)20;1-2-3-4-5-6-7-8(9)10;1-2(3)4/h2-17H2,1H3,(H,19,20);2-7H2,1H3,(H,9,10);1H3,(H,3,4). The fourth-order valence-corrected chi connectivity index (χ4v) is 3.53. The van der Waals surface area contributed by atoms with Crippen molar-refractivity contribution in [3.05, 3.63) is 0 Å². The molecule has 0 amide bonds. The number of unbranched alkanes of at least 4 members (excludes halogenated alkanes) is 18. The van der Waals surface area contributed by atoms with Crippen LogP contribution in [0.5, 0.6) is 0 Å². The fraction of sp³-hybridized carbons (Fsp3) is 0.893. The Morgan fingerprint density at radius 2 is 0.588 bits per heavy atom. The van der Waals surface area contributed by atoms with Crippen molar-refractivity contribution in [2.45, 2.75) is 162 Å². The summed E-state index contributed by atoms with van der Waals surface area (Å²) < 4.78 is 0. The van der Waals surface area contributed by atoms with E-state index >= 15 is 0 Å². The first-order chi connectivity index (χ1) is 16.3. The van der Waals surface area contributed by atoms with Crippen molar-refractivity contribution in [2.75, 3.05) is 0 Å². The van der Waals surface area contributed by atoms with Gasteiger partial charge in [-0.05, 0) is 12.8 Å². The van der Waals surface area contributed by atoms with E-state index in [1.807, 2.05) is 0 Å². The molecule has 0 aromatic rings. The molecule has 0 saturated carbocycles. The molecule has 0 spiro atoms. The van der Waals surface area contributed by atoms with E-state index in [-0.39, 0.29) is 0 Å². The molecule has 0 aliphatic rings. The van der Waals surface area contributed by atoms with Crippen molar-refractivity contribution < 1.29 is 29.7 Å². The molecule has 0 unspecified atom stereocenters. The lowest BCUT2D eigenvalue weighted by Gasteiger charge is -2.03. The average Bonchev–Trinajstić information content (AvgIpc) is 2.76. The Morgan fingerprint density at radius 1 is 0.412 bits per heavy atom. The summed E-state index contributed by atoms with van der Waals surface area (Å²) in [7, 11) is 0. The Kier molecular flexibility index (Phi) is 36.5. The fourth-order valence-electron chi connectivity index (χ4n) is 3.53. The first-order valence-corrected chi connectivity index (χ1v) is 13.9. The van der Waals surface area contributed by atoms with Crippen LogP contribution < -0.4 is 0 Å². The van der Waals surface area contributed by atoms with Gasteiger partial charge in [0.1, 0.15) is 0 Å². The highest BCUT2D eigenvalue weighted by Gasteiger charge is 1.97. The molecule has 0 atom stereocenters. The molecule has 0 aliphatic heterocycles. The van der Waals surface area contributed by atoms with Crippen molar-refractivity contribution in [1.29, 1.82) is 0 Å². The molecule has 0 bridgehead atoms. The first-order valence-electron chi connectivity index (χ1n) is 13.9. The number of carboxylic acid groups (broad SMARTS) is 3. The van der Waals surface area contributed by atoms with Crippen LogP contribution in [0.4, 0.5) is 0 Å². The Hall–Kier alpha value is -1.59. The van der Waals surface area contributed by atoms with Crippen LogP contribution in [0.1, 0.15) is 162 Å². The second kappa shape index (κ2) is 33.6. The lowest BCUT2D eigenvalue weighted by molar-refractivity contribution is -0.138. The van der Waals surface area contributed by atoms with E-state index in [1.54, 1.807) is 0 Å². The van der Waals surface area contributed by atoms with Crippen LogP contribution in [-0.4, -0.2) is 33.2 Å². The van der Waals surface area contributed by atoms with E-state index in [0.717, 1.165) is 32.6 Å². The van der Waals surface area contributed by atoms with Gasteiger partial charge in [0.05, 0.1) is 0 Å². The predicted octanol–water partition coefficient (Wildman–Crippen LogP) is 8.85. The summed E-state index contributed by atoms with van der Waals surface area (Å²) in [6, 6.07) is 0. The molecule has 0 heterocycles. The van der Waals surface area contributed by atoms with E-state index < -0.39 is 17.9 Å². The van der Waals surface area contributed by atoms with E-state index in [2.05, 4.69) is 13.8 Å². The van der Waals surface area contributed by atoms with Crippen LogP contribution >= 0.6 is 0 Å². The van der Waals surface area contributed by atoms with Crippen LogP contribution in [0.2, 0.25) is 0 Å². The summed E-state index contributed by atoms with van der Waals surface area (Å²) in [5, 5.41) is 24.2. The lowest BCUT2D eigenvalue weighted by Crippen LogP contribution is -1.93. The molecule has 34 heavy (non-hydrogen) atoms. The largest absolute Gasteiger partial charge is 0.481 e. The molecule has 0 saturated heterocycles. The second-order valence-electron chi connectivity index (χ2n) is 9.17. The number of aliphatic carboxylic acids is 3. The molecule has 3 N–H and O–H groups in total. The molecule has 0 aromatic heterocycles. The van der Waals surface area contributed by atoms with E-state index in [4.69, 9.17) is 20.1 Å². The third-order valence-corrected chi connectivity index (χ3v) is 5.49. The minimum absolute atomic E-state index is 0.337. The normalized spacial score (nSPS) is 9.97. The number of carboxylic acids is 3. The topological polar surface area (TPSA) is 112 Å². The quantitative estimate of drug-likeness (QED) is 0.131. The summed E-state index contributed by atoms with van der Waals surface area (Å²) in [4.78, 5) is 29.4. The van der Waals surface area contributed by atoms with Gasteiger partial charge in [0.25, 0.3) is 5.97 Å². The molecule has 6 nitrogen and oxygen atoms in total. The van der Waals surface area contributed by atoms with E-state index in [9.17, 15) is 9.59 Å². The zero-order chi connectivity index (χ0) is 26.3. The van der Waals surface area contributed by atoms with Gasteiger partial charge in [0.15, 0.2) is 0 Å². The van der Waals surface area contributed by atoms with Crippen molar-refractivity contribution in [3.8, 4) is 0 Å². The Balaban J connectivity index is -0.000000568. The van der Waals surface area contributed by atoms with Crippen LogP contribution in [0.25, 0.3) is 0 Å². The van der Waals surface area contributed by atoms with Gasteiger partial charge < -0.3 is 15.3 Å². The molecule has 0 radical (unpaired) electrons. The number of carbonyl (C=O) groups is 3. The highest BCUT2D eigenvalue weighted by atomic mass is 16.4. The van der Waals surface area contributed by atoms with Gasteiger partial charge in [-0.25, -0.2) is 0 Å². The Labute approximate surface area is 209 Å². The van der Waals surface area contributed by atoms with Crippen LogP contribution in [0.15, 0.2) is 0 Å². The van der Waals surface area contributed by atoms with Crippen molar-refractivity contribution >= 4 is 17.9 Å². The summed E-state index contributed by atoms with van der Waals surface area (Å²) >= 11 is 0. The van der Waals surface area contributed by atoms with Crippen LogP contribution in [0, 0.1) is 0 Å². The van der Waals surface area contributed by atoms with Crippen LogP contribution in [-0.2, 0) is 14.4 Å². The summed E-state index contributed by atoms with van der Waals surface area (Å²) in [5.74, 6) is -2.16. The zero-order valence-corrected chi connectivity index (χ0v) is 22.6. The first kappa shape index (κ1) is 37.0. The molecular weight excluding hydrogens is 432 g/mol. The monoisotopic (exact) mass is 488 g/mol. The molecular formula is C28H56O6. The highest BCUT2D eigenvalue weighted by Crippen LogP contribution is 2.13. The Morgan fingerprint density at radius 3 is 0.765 bits per heavy atom. The third kappa shape index (κ3) is 52.4. The van der Waals surface area contributed by atoms with Gasteiger partial charge in [-0.3, -0.25) is 14.4 Å². The average molecular weight is 489 g/mol. The molecule has 0 aliphatic carbocycles. The molecule has 6 heteroatoms. The Bertz CT molecular complexity index is 433. The SMILES string of the molecule is CC(=O)O.CCCCCCCC(=O)O.CCCCCCCCCCCCCCCCCC(=O)O. The van der Waals surface area contributed by atoms with Gasteiger partial charge in [-0.1, -0.05) is 129 Å². The molecule has 204 valence electrons. The maximum absolute atomic E-state index is 10.3. The van der Waals surface area contributed by atoms with Crippen molar-refractivity contribution in [3.63, 3.8) is 0 Å². The zero-order valence-electron chi connectivity index (χ0n) is 22.6. The minimum Gasteiger partial charge on any atom is -0.481 e. The van der Waals surface area contributed by atoms with Gasteiger partial charge in [0, 0.05) is 19.8 Å². The number of hydrogen-bond donors (Lipinski definition) is 3. The summed E-state index contributed by atoms with van der Waals surface area (Å²) in [6.07, 6.45) is 26.1. The summed E-state index contributed by atoms with van der Waals surface area (Å²) in [6.45, 7) is 5.50. The molecule has 0 fully saturated rings. The van der Waals surface area contributed by atoms with Crippen LogP contribution in [0.3, 0.4) is 0 Å². The smallest absolute Gasteiger partial charge is 0.303 e. The summed E-state index contributed by atoms with van der Waals surface area (Å²) in [5.41, 5.74) is 0. The maximum atomic E-state index is 10.3. The van der Waals surface area contributed by atoms with E-state index in [1.165, 1.54) is 103 Å². The minimum atomic E-state index is -0.833. The number of rotatable bonds is 22. The third-order valence-electron chi connectivity index (χ3n) is 5.49. The van der Waals surface area contributed by atoms with Gasteiger partial charge in [0.2, 0.25) is 0 Å². The predicted molar refractivity (Wildman–Crippen MR) is 142 cm³/mol. The highest BCUT2D eigenvalue weighted by molar-refractivity contribution is 5.66. The molecule has 0 rings (SSSR count). The van der Waals surface area contributed by atoms with Crippen molar-refractivity contribution in [1.82, 2.24) is 0 Å². The van der Waals surface area contributed by atoms with Crippen molar-refractivity contribution in [2.24, 2.45) is 0 Å². The molecule has 0 aromatic carbocycles. The number of hydrogen-bond acceptors (Lipinski definition) is 3. The lowest BCUT2D eigenvalue weighted by atomic mass is 10.0. The van der Waals surface area contributed by atoms with Gasteiger partial charge in [-0.2, -0.15) is 0 Å². The second-order valence-corrected chi connectivity index (χ2v) is 9.17.